The fourth-order valence-corrected chi connectivity index (χ4v) is 1.91. The van der Waals surface area contributed by atoms with Crippen LogP contribution in [0.5, 0.6) is 5.75 Å². The van der Waals surface area contributed by atoms with Crippen LogP contribution in [0.2, 0.25) is 0 Å². The van der Waals surface area contributed by atoms with Crippen LogP contribution in [0.25, 0.3) is 0 Å². The topological polar surface area (TPSA) is 70.4 Å². The third kappa shape index (κ3) is 2.69. The van der Waals surface area contributed by atoms with Crippen LogP contribution < -0.4 is 4.74 Å². The molecule has 0 aliphatic carbocycles. The summed E-state index contributed by atoms with van der Waals surface area (Å²) in [5.41, 5.74) is 1.54. The molecule has 0 saturated carbocycles. The second-order valence-electron chi connectivity index (χ2n) is 4.07. The monoisotopic (exact) mass is 274 g/mol. The predicted molar refractivity (Wildman–Crippen MR) is 71.1 cm³/mol. The molecule has 0 fully saturated rings. The molecule has 0 aliphatic heterocycles. The van der Waals surface area contributed by atoms with Gasteiger partial charge in [-0.2, -0.15) is 5.10 Å². The summed E-state index contributed by atoms with van der Waals surface area (Å²) in [6, 6.07) is 5.13. The Hall–Kier alpha value is -2.63. The van der Waals surface area contributed by atoms with Gasteiger partial charge in [-0.1, -0.05) is 6.07 Å². The second kappa shape index (κ2) is 6.01. The number of hydrogen-bond acceptors (Lipinski definition) is 5. The fourth-order valence-electron chi connectivity index (χ4n) is 1.91. The summed E-state index contributed by atoms with van der Waals surface area (Å²) in [7, 11) is 2.85. The molecule has 20 heavy (non-hydrogen) atoms. The molecule has 2 aromatic rings. The van der Waals surface area contributed by atoms with Crippen LogP contribution in [0, 0.1) is 0 Å². The zero-order valence-corrected chi connectivity index (χ0v) is 11.2. The molecule has 0 amide bonds. The average molecular weight is 274 g/mol. The molecule has 0 atom stereocenters. The van der Waals surface area contributed by atoms with Crippen molar-refractivity contribution in [3.05, 3.63) is 47.3 Å². The van der Waals surface area contributed by atoms with E-state index >= 15 is 0 Å². The summed E-state index contributed by atoms with van der Waals surface area (Å²) in [4.78, 5) is 22.5. The van der Waals surface area contributed by atoms with Crippen LogP contribution in [0.4, 0.5) is 0 Å². The number of esters is 1. The lowest BCUT2D eigenvalue weighted by Crippen LogP contribution is -2.11. The first kappa shape index (κ1) is 13.8. The highest BCUT2D eigenvalue weighted by atomic mass is 16.5. The molecule has 0 aliphatic rings. The molecule has 6 heteroatoms. The number of ether oxygens (including phenoxy) is 2. The average Bonchev–Trinajstić information content (AvgIpc) is 2.94. The van der Waals surface area contributed by atoms with Gasteiger partial charge in [-0.05, 0) is 12.1 Å². The minimum absolute atomic E-state index is 0.308. The van der Waals surface area contributed by atoms with Gasteiger partial charge in [0.15, 0.2) is 6.29 Å². The highest BCUT2D eigenvalue weighted by molar-refractivity contribution is 5.91. The highest BCUT2D eigenvalue weighted by Gasteiger charge is 2.16. The van der Waals surface area contributed by atoms with E-state index < -0.39 is 5.97 Å². The van der Waals surface area contributed by atoms with Crippen LogP contribution in [0.15, 0.2) is 30.6 Å². The van der Waals surface area contributed by atoms with Crippen molar-refractivity contribution in [2.75, 3.05) is 14.2 Å². The van der Waals surface area contributed by atoms with Crippen LogP contribution in [0.3, 0.4) is 0 Å². The molecule has 0 radical (unpaired) electrons. The van der Waals surface area contributed by atoms with Gasteiger partial charge < -0.3 is 9.47 Å². The van der Waals surface area contributed by atoms with Gasteiger partial charge >= 0.3 is 5.97 Å². The number of nitrogens with zero attached hydrogens (tertiary/aromatic N) is 2. The van der Waals surface area contributed by atoms with E-state index in [1.54, 1.807) is 29.1 Å². The first-order valence-electron chi connectivity index (χ1n) is 5.91. The number of benzene rings is 1. The minimum atomic E-state index is -0.443. The van der Waals surface area contributed by atoms with Crippen molar-refractivity contribution in [3.8, 4) is 5.75 Å². The van der Waals surface area contributed by atoms with E-state index in [4.69, 9.17) is 9.47 Å². The molecular formula is C14H14N2O4. The maximum absolute atomic E-state index is 11.8. The number of carbonyl (C=O) groups is 2. The van der Waals surface area contributed by atoms with Crippen LogP contribution in [-0.2, 0) is 11.3 Å². The molecule has 2 rings (SSSR count). The van der Waals surface area contributed by atoms with Crippen molar-refractivity contribution in [2.24, 2.45) is 0 Å². The first-order chi connectivity index (χ1) is 9.69. The normalized spacial score (nSPS) is 10.1. The molecule has 1 aromatic carbocycles. The van der Waals surface area contributed by atoms with Gasteiger partial charge in [-0.25, -0.2) is 4.79 Å². The summed E-state index contributed by atoms with van der Waals surface area (Å²) >= 11 is 0. The first-order valence-corrected chi connectivity index (χ1v) is 5.91. The molecule has 0 bridgehead atoms. The van der Waals surface area contributed by atoms with Crippen molar-refractivity contribution < 1.29 is 19.1 Å². The van der Waals surface area contributed by atoms with Crippen molar-refractivity contribution in [1.82, 2.24) is 9.78 Å². The Bertz CT molecular complexity index is 634. The standard InChI is InChI=1S/C14H14N2O4/c1-19-13-5-3-4-11(14(18)20-2)12(13)8-16-7-10(9-17)6-15-16/h3-7,9H,8H2,1-2H3. The maximum Gasteiger partial charge on any atom is 0.338 e. The Morgan fingerprint density at radius 2 is 2.20 bits per heavy atom. The molecule has 6 nitrogen and oxygen atoms in total. The van der Waals surface area contributed by atoms with Gasteiger partial charge in [-0.3, -0.25) is 9.48 Å². The Kier molecular flexibility index (Phi) is 4.14. The second-order valence-corrected chi connectivity index (χ2v) is 4.07. The van der Waals surface area contributed by atoms with Crippen LogP contribution in [0.1, 0.15) is 26.3 Å². The quantitative estimate of drug-likeness (QED) is 0.611. The van der Waals surface area contributed by atoms with E-state index in [0.717, 1.165) is 0 Å². The Labute approximate surface area is 115 Å². The van der Waals surface area contributed by atoms with Crippen molar-refractivity contribution in [1.29, 1.82) is 0 Å². The number of aldehydes is 1. The number of rotatable bonds is 5. The lowest BCUT2D eigenvalue weighted by Gasteiger charge is -2.12. The Morgan fingerprint density at radius 1 is 1.40 bits per heavy atom. The van der Waals surface area contributed by atoms with E-state index in [1.807, 2.05) is 0 Å². The fraction of sp³-hybridized carbons (Fsp3) is 0.214. The zero-order chi connectivity index (χ0) is 14.5. The summed E-state index contributed by atoms with van der Waals surface area (Å²) in [6.45, 7) is 0.308. The Balaban J connectivity index is 2.42. The summed E-state index contributed by atoms with van der Waals surface area (Å²) in [6.07, 6.45) is 3.77. The van der Waals surface area contributed by atoms with E-state index in [2.05, 4.69) is 5.10 Å². The number of carbonyl (C=O) groups excluding carboxylic acids is 2. The zero-order valence-electron chi connectivity index (χ0n) is 11.2. The lowest BCUT2D eigenvalue weighted by molar-refractivity contribution is 0.0598. The largest absolute Gasteiger partial charge is 0.496 e. The minimum Gasteiger partial charge on any atom is -0.496 e. The van der Waals surface area contributed by atoms with Crippen LogP contribution in [-0.4, -0.2) is 36.3 Å². The van der Waals surface area contributed by atoms with Crippen molar-refractivity contribution >= 4 is 12.3 Å². The van der Waals surface area contributed by atoms with E-state index in [9.17, 15) is 9.59 Å². The molecule has 0 N–H and O–H groups in total. The molecule has 0 spiro atoms. The molecule has 104 valence electrons. The predicted octanol–water partition coefficient (Wildman–Crippen LogP) is 1.54. The lowest BCUT2D eigenvalue weighted by atomic mass is 10.1. The third-order valence-electron chi connectivity index (χ3n) is 2.87. The van der Waals surface area contributed by atoms with Crippen molar-refractivity contribution in [3.63, 3.8) is 0 Å². The van der Waals surface area contributed by atoms with Gasteiger partial charge in [0.25, 0.3) is 0 Å². The number of hydrogen-bond donors (Lipinski definition) is 0. The third-order valence-corrected chi connectivity index (χ3v) is 2.87. The van der Waals surface area contributed by atoms with Crippen molar-refractivity contribution in [2.45, 2.75) is 6.54 Å². The van der Waals surface area contributed by atoms with Gasteiger partial charge in [0.1, 0.15) is 5.75 Å². The highest BCUT2D eigenvalue weighted by Crippen LogP contribution is 2.24. The van der Waals surface area contributed by atoms with Crippen LogP contribution >= 0.6 is 0 Å². The van der Waals surface area contributed by atoms with Gasteiger partial charge in [0.05, 0.1) is 38.1 Å². The summed E-state index contributed by atoms with van der Waals surface area (Å²) < 4.78 is 11.6. The van der Waals surface area contributed by atoms with Gasteiger partial charge in [0, 0.05) is 11.8 Å². The number of aromatic nitrogens is 2. The molecule has 0 saturated heterocycles. The smallest absolute Gasteiger partial charge is 0.338 e. The SMILES string of the molecule is COC(=O)c1cccc(OC)c1Cn1cc(C=O)cn1. The Morgan fingerprint density at radius 3 is 2.80 bits per heavy atom. The summed E-state index contributed by atoms with van der Waals surface area (Å²) in [5.74, 6) is 0.123. The van der Waals surface area contributed by atoms with E-state index in [-0.39, 0.29) is 0 Å². The maximum atomic E-state index is 11.8. The molecular weight excluding hydrogens is 260 g/mol. The molecule has 0 unspecified atom stereocenters. The van der Waals surface area contributed by atoms with E-state index in [1.165, 1.54) is 20.4 Å². The summed E-state index contributed by atoms with van der Waals surface area (Å²) in [5, 5.41) is 4.06. The van der Waals surface area contributed by atoms with Gasteiger partial charge in [0.2, 0.25) is 0 Å². The number of methoxy groups -OCH3 is 2. The van der Waals surface area contributed by atoms with E-state index in [0.29, 0.717) is 35.3 Å². The van der Waals surface area contributed by atoms with Gasteiger partial charge in [-0.15, -0.1) is 0 Å². The molecule has 1 aromatic heterocycles. The molecule has 1 heterocycles.